The molecule has 7 nitrogen and oxygen atoms in total. The lowest BCUT2D eigenvalue weighted by Crippen LogP contribution is -2.36. The van der Waals surface area contributed by atoms with Crippen molar-refractivity contribution < 1.29 is 9.21 Å². The van der Waals surface area contributed by atoms with E-state index in [4.69, 9.17) is 16.0 Å². The summed E-state index contributed by atoms with van der Waals surface area (Å²) in [7, 11) is 0. The van der Waals surface area contributed by atoms with Gasteiger partial charge in [0.2, 0.25) is 0 Å². The molecule has 39 heavy (non-hydrogen) atoms. The molecule has 0 bridgehead atoms. The number of hydrogen-bond acceptors (Lipinski definition) is 4. The van der Waals surface area contributed by atoms with Crippen LogP contribution in [0.25, 0.3) is 21.8 Å². The zero-order valence-electron chi connectivity index (χ0n) is 20.8. The maximum Gasteiger partial charge on any atom is 0.289 e. The van der Waals surface area contributed by atoms with Crippen molar-refractivity contribution in [3.05, 3.63) is 117 Å². The van der Waals surface area contributed by atoms with Crippen molar-refractivity contribution in [3.63, 3.8) is 0 Å². The molecule has 6 aromatic rings. The van der Waals surface area contributed by atoms with Gasteiger partial charge in [-0.3, -0.25) is 4.79 Å². The summed E-state index contributed by atoms with van der Waals surface area (Å²) >= 11 is 9.85. The van der Waals surface area contributed by atoms with E-state index >= 15 is 0 Å². The van der Waals surface area contributed by atoms with Crippen molar-refractivity contribution in [1.82, 2.24) is 24.5 Å². The number of furan rings is 1. The highest BCUT2D eigenvalue weighted by Crippen LogP contribution is 2.33. The van der Waals surface area contributed by atoms with E-state index in [2.05, 4.69) is 79.3 Å². The SMILES string of the molecule is O=C(c1ccc(Cn2cc(Cn3c4ccccc4c4ccccc43)nn2)o1)N1CCc2ccc(Cl)c(Br)c2C1. The van der Waals surface area contributed by atoms with Crippen LogP contribution in [0.5, 0.6) is 0 Å². The summed E-state index contributed by atoms with van der Waals surface area (Å²) < 4.78 is 10.8. The molecule has 0 aliphatic carbocycles. The fourth-order valence-corrected chi connectivity index (χ4v) is 6.14. The number of benzene rings is 3. The smallest absolute Gasteiger partial charge is 0.289 e. The molecule has 194 valence electrons. The lowest BCUT2D eigenvalue weighted by atomic mass is 9.99. The van der Waals surface area contributed by atoms with Crippen LogP contribution in [0, 0.1) is 0 Å². The molecule has 0 saturated heterocycles. The monoisotopic (exact) mass is 599 g/mol. The first-order valence-electron chi connectivity index (χ1n) is 12.7. The number of rotatable bonds is 5. The Labute approximate surface area is 237 Å². The first-order chi connectivity index (χ1) is 19.0. The molecule has 0 spiro atoms. The zero-order chi connectivity index (χ0) is 26.5. The molecule has 1 amide bonds. The Morgan fingerprint density at radius 1 is 0.949 bits per heavy atom. The average Bonchev–Trinajstić information content (AvgIpc) is 3.70. The maximum absolute atomic E-state index is 13.2. The number of carbonyl (C=O) groups is 1. The van der Waals surface area contributed by atoms with E-state index in [-0.39, 0.29) is 5.91 Å². The lowest BCUT2D eigenvalue weighted by molar-refractivity contribution is 0.0699. The minimum atomic E-state index is -0.135. The molecular formula is C30H23BrClN5O2. The largest absolute Gasteiger partial charge is 0.454 e. The standard InChI is InChI=1S/C30H23BrClN5O2/c31-29-24-18-35(14-13-19(24)9-11-25(29)32)30(38)28-12-10-21(39-28)17-36-15-20(33-34-36)16-37-26-7-3-1-5-22(26)23-6-2-4-8-27(23)37/h1-12,15H,13-14,16-18H2. The summed E-state index contributed by atoms with van der Waals surface area (Å²) in [5.41, 5.74) is 5.43. The molecule has 7 rings (SSSR count). The fourth-order valence-electron chi connectivity index (χ4n) is 5.45. The van der Waals surface area contributed by atoms with Crippen LogP contribution in [0.4, 0.5) is 0 Å². The van der Waals surface area contributed by atoms with E-state index in [1.54, 1.807) is 15.6 Å². The van der Waals surface area contributed by atoms with Crippen LogP contribution in [0.3, 0.4) is 0 Å². The van der Waals surface area contributed by atoms with Gasteiger partial charge < -0.3 is 13.9 Å². The molecule has 3 aromatic heterocycles. The highest BCUT2D eigenvalue weighted by Gasteiger charge is 2.26. The van der Waals surface area contributed by atoms with E-state index in [0.29, 0.717) is 42.7 Å². The van der Waals surface area contributed by atoms with Gasteiger partial charge in [-0.15, -0.1) is 5.10 Å². The average molecular weight is 601 g/mol. The Morgan fingerprint density at radius 2 is 1.69 bits per heavy atom. The Bertz CT molecular complexity index is 1820. The van der Waals surface area contributed by atoms with Crippen molar-refractivity contribution in [3.8, 4) is 0 Å². The number of fused-ring (bicyclic) bond motifs is 4. The van der Waals surface area contributed by atoms with Crippen LogP contribution >= 0.6 is 27.5 Å². The zero-order valence-corrected chi connectivity index (χ0v) is 23.2. The Morgan fingerprint density at radius 3 is 2.46 bits per heavy atom. The highest BCUT2D eigenvalue weighted by atomic mass is 79.9. The van der Waals surface area contributed by atoms with E-state index in [9.17, 15) is 4.79 Å². The van der Waals surface area contributed by atoms with Crippen LogP contribution in [0.1, 0.15) is 33.1 Å². The number of aromatic nitrogens is 4. The van der Waals surface area contributed by atoms with Crippen molar-refractivity contribution >= 4 is 55.2 Å². The van der Waals surface area contributed by atoms with Gasteiger partial charge in [-0.05, 0) is 63.8 Å². The maximum atomic E-state index is 13.2. The predicted octanol–water partition coefficient (Wildman–Crippen LogP) is 6.69. The van der Waals surface area contributed by atoms with E-state index in [1.807, 2.05) is 24.4 Å². The number of carbonyl (C=O) groups excluding carboxylic acids is 1. The highest BCUT2D eigenvalue weighted by molar-refractivity contribution is 9.10. The normalized spacial score (nSPS) is 13.3. The van der Waals surface area contributed by atoms with Gasteiger partial charge in [0.15, 0.2) is 5.76 Å². The van der Waals surface area contributed by atoms with Crippen molar-refractivity contribution in [1.29, 1.82) is 0 Å². The second-order valence-electron chi connectivity index (χ2n) is 9.77. The van der Waals surface area contributed by atoms with Gasteiger partial charge >= 0.3 is 0 Å². The van der Waals surface area contributed by atoms with Gasteiger partial charge in [0, 0.05) is 39.4 Å². The van der Waals surface area contributed by atoms with E-state index < -0.39 is 0 Å². The molecule has 1 aliphatic heterocycles. The third kappa shape index (κ3) is 4.33. The number of para-hydroxylation sites is 2. The summed E-state index contributed by atoms with van der Waals surface area (Å²) in [6, 6.07) is 24.3. The molecule has 3 aromatic carbocycles. The third-order valence-electron chi connectivity index (χ3n) is 7.36. The number of amides is 1. The third-order valence-corrected chi connectivity index (χ3v) is 8.81. The van der Waals surface area contributed by atoms with Gasteiger partial charge in [-0.2, -0.15) is 0 Å². The number of halogens is 2. The van der Waals surface area contributed by atoms with Crippen LogP contribution in [0.2, 0.25) is 5.02 Å². The summed E-state index contributed by atoms with van der Waals surface area (Å²) in [6.45, 7) is 2.11. The predicted molar refractivity (Wildman–Crippen MR) is 154 cm³/mol. The van der Waals surface area contributed by atoms with Crippen molar-refractivity contribution in [2.24, 2.45) is 0 Å². The second kappa shape index (κ2) is 9.70. The van der Waals surface area contributed by atoms with Gasteiger partial charge in [-0.1, -0.05) is 59.3 Å². The molecule has 0 fully saturated rings. The van der Waals surface area contributed by atoms with Gasteiger partial charge in [0.1, 0.15) is 18.0 Å². The summed E-state index contributed by atoms with van der Waals surface area (Å²) in [4.78, 5) is 15.0. The summed E-state index contributed by atoms with van der Waals surface area (Å²) in [6.07, 6.45) is 2.70. The van der Waals surface area contributed by atoms with Crippen LogP contribution in [-0.4, -0.2) is 36.9 Å². The lowest BCUT2D eigenvalue weighted by Gasteiger charge is -2.29. The van der Waals surface area contributed by atoms with Gasteiger partial charge in [0.05, 0.1) is 17.8 Å². The molecule has 0 N–H and O–H groups in total. The molecule has 4 heterocycles. The molecule has 0 unspecified atom stereocenters. The summed E-state index contributed by atoms with van der Waals surface area (Å²) in [5, 5.41) is 11.8. The quantitative estimate of drug-likeness (QED) is 0.221. The van der Waals surface area contributed by atoms with Gasteiger partial charge in [-0.25, -0.2) is 4.68 Å². The minimum absolute atomic E-state index is 0.135. The molecule has 1 aliphatic rings. The summed E-state index contributed by atoms with van der Waals surface area (Å²) in [5.74, 6) is 0.829. The minimum Gasteiger partial charge on any atom is -0.454 e. The Balaban J connectivity index is 1.07. The van der Waals surface area contributed by atoms with E-state index in [1.165, 1.54) is 16.3 Å². The Kier molecular flexibility index (Phi) is 6.01. The van der Waals surface area contributed by atoms with Crippen LogP contribution in [0.15, 0.2) is 87.9 Å². The molecule has 0 saturated carbocycles. The first kappa shape index (κ1) is 24.2. The molecule has 9 heteroatoms. The first-order valence-corrected chi connectivity index (χ1v) is 13.9. The topological polar surface area (TPSA) is 69.1 Å². The molecule has 0 radical (unpaired) electrons. The van der Waals surface area contributed by atoms with E-state index in [0.717, 1.165) is 33.2 Å². The molecular weight excluding hydrogens is 578 g/mol. The fraction of sp³-hybridized carbons (Fsp3) is 0.167. The van der Waals surface area contributed by atoms with Crippen LogP contribution in [-0.2, 0) is 26.1 Å². The van der Waals surface area contributed by atoms with Crippen molar-refractivity contribution in [2.45, 2.75) is 26.1 Å². The molecule has 0 atom stereocenters. The number of hydrogen-bond donors (Lipinski definition) is 0. The van der Waals surface area contributed by atoms with Crippen LogP contribution < -0.4 is 0 Å². The van der Waals surface area contributed by atoms with Crippen molar-refractivity contribution in [2.75, 3.05) is 6.54 Å². The number of nitrogens with zero attached hydrogens (tertiary/aromatic N) is 5. The Hall–Kier alpha value is -3.88. The second-order valence-corrected chi connectivity index (χ2v) is 11.0. The van der Waals surface area contributed by atoms with Gasteiger partial charge in [0.25, 0.3) is 5.91 Å².